The molecule has 0 fully saturated rings. The van der Waals surface area contributed by atoms with Crippen LogP contribution in [0.15, 0.2) is 23.1 Å². The van der Waals surface area contributed by atoms with E-state index in [1.807, 2.05) is 0 Å². The normalized spacial score (nSPS) is 14.1. The fourth-order valence-electron chi connectivity index (χ4n) is 1.46. The van der Waals surface area contributed by atoms with Crippen molar-refractivity contribution in [2.75, 3.05) is 11.9 Å². The molecule has 0 atom stereocenters. The van der Waals surface area contributed by atoms with Crippen molar-refractivity contribution in [3.05, 3.63) is 23.8 Å². The van der Waals surface area contributed by atoms with E-state index in [9.17, 15) is 8.42 Å². The van der Waals surface area contributed by atoms with Crippen molar-refractivity contribution in [2.24, 2.45) is 5.14 Å². The van der Waals surface area contributed by atoms with Crippen LogP contribution in [0.1, 0.15) is 5.56 Å². The van der Waals surface area contributed by atoms with Gasteiger partial charge in [0.05, 0.1) is 4.90 Å². The Labute approximate surface area is 89.0 Å². The third kappa shape index (κ3) is 2.00. The van der Waals surface area contributed by atoms with Crippen LogP contribution in [0.2, 0.25) is 0 Å². The first kappa shape index (κ1) is 11.3. The Morgan fingerprint density at radius 2 is 2.07 bits per heavy atom. The second-order valence-corrected chi connectivity index (χ2v) is 4.60. The number of primary sulfonamides is 1. The van der Waals surface area contributed by atoms with Gasteiger partial charge in [-0.15, -0.1) is 12.4 Å². The number of rotatable bonds is 1. The van der Waals surface area contributed by atoms with Crippen LogP contribution in [0.4, 0.5) is 5.69 Å². The first-order chi connectivity index (χ1) is 6.07. The molecule has 4 nitrogen and oxygen atoms in total. The van der Waals surface area contributed by atoms with Crippen LogP contribution in [0.25, 0.3) is 0 Å². The van der Waals surface area contributed by atoms with Gasteiger partial charge in [-0.3, -0.25) is 0 Å². The van der Waals surface area contributed by atoms with Crippen LogP contribution in [-0.4, -0.2) is 15.0 Å². The Morgan fingerprint density at radius 3 is 2.71 bits per heavy atom. The van der Waals surface area contributed by atoms with Crippen LogP contribution in [0, 0.1) is 0 Å². The van der Waals surface area contributed by atoms with Gasteiger partial charge in [0.2, 0.25) is 10.0 Å². The van der Waals surface area contributed by atoms with E-state index in [1.165, 1.54) is 6.07 Å². The molecule has 0 aliphatic carbocycles. The summed E-state index contributed by atoms with van der Waals surface area (Å²) in [5, 5.41) is 8.15. The van der Waals surface area contributed by atoms with E-state index in [0.717, 1.165) is 24.2 Å². The minimum Gasteiger partial charge on any atom is -0.384 e. The highest BCUT2D eigenvalue weighted by atomic mass is 35.5. The number of fused-ring (bicyclic) bond motifs is 1. The van der Waals surface area contributed by atoms with Crippen molar-refractivity contribution < 1.29 is 8.42 Å². The Morgan fingerprint density at radius 1 is 1.36 bits per heavy atom. The molecule has 14 heavy (non-hydrogen) atoms. The summed E-state index contributed by atoms with van der Waals surface area (Å²) in [7, 11) is -3.55. The van der Waals surface area contributed by atoms with Crippen molar-refractivity contribution in [2.45, 2.75) is 11.3 Å². The van der Waals surface area contributed by atoms with E-state index in [1.54, 1.807) is 12.1 Å². The molecule has 1 heterocycles. The van der Waals surface area contributed by atoms with Gasteiger partial charge in [-0.1, -0.05) is 0 Å². The molecule has 0 amide bonds. The van der Waals surface area contributed by atoms with E-state index in [-0.39, 0.29) is 17.3 Å². The summed E-state index contributed by atoms with van der Waals surface area (Å²) in [6, 6.07) is 4.90. The summed E-state index contributed by atoms with van der Waals surface area (Å²) >= 11 is 0. The van der Waals surface area contributed by atoms with E-state index in [4.69, 9.17) is 5.14 Å². The van der Waals surface area contributed by atoms with E-state index in [0.29, 0.717) is 0 Å². The van der Waals surface area contributed by atoms with Crippen LogP contribution in [0.3, 0.4) is 0 Å². The Hall–Kier alpha value is -0.780. The number of nitrogens with two attached hydrogens (primary N) is 1. The molecule has 1 aliphatic rings. The standard InChI is InChI=1S/C8H10N2O2S.ClH/c9-13(11,12)7-1-2-8-6(5-7)3-4-10-8;/h1-2,5,10H,3-4H2,(H2,9,11,12);1H. The second-order valence-electron chi connectivity index (χ2n) is 3.04. The van der Waals surface area contributed by atoms with Gasteiger partial charge in [-0.2, -0.15) is 0 Å². The summed E-state index contributed by atoms with van der Waals surface area (Å²) < 4.78 is 22.0. The largest absolute Gasteiger partial charge is 0.384 e. The molecule has 0 spiro atoms. The van der Waals surface area contributed by atoms with Crippen LogP contribution >= 0.6 is 12.4 Å². The molecule has 2 rings (SSSR count). The summed E-state index contributed by atoms with van der Waals surface area (Å²) in [5.41, 5.74) is 2.03. The molecule has 0 radical (unpaired) electrons. The molecular formula is C8H11ClN2O2S. The maximum atomic E-state index is 11.0. The predicted octanol–water partition coefficient (Wildman–Crippen LogP) is 0.724. The first-order valence-corrected chi connectivity index (χ1v) is 5.51. The monoisotopic (exact) mass is 234 g/mol. The maximum absolute atomic E-state index is 11.0. The number of hydrogen-bond acceptors (Lipinski definition) is 3. The SMILES string of the molecule is Cl.NS(=O)(=O)c1ccc2c(c1)CCN2. The molecule has 1 aliphatic heterocycles. The molecule has 78 valence electrons. The van der Waals surface area contributed by atoms with Gasteiger partial charge in [-0.05, 0) is 30.2 Å². The minimum atomic E-state index is -3.55. The fraction of sp³-hybridized carbons (Fsp3) is 0.250. The van der Waals surface area contributed by atoms with E-state index >= 15 is 0 Å². The number of hydrogen-bond donors (Lipinski definition) is 2. The molecule has 0 aromatic heterocycles. The minimum absolute atomic E-state index is 0. The third-order valence-electron chi connectivity index (χ3n) is 2.12. The molecule has 0 unspecified atom stereocenters. The van der Waals surface area contributed by atoms with Crippen LogP contribution in [0.5, 0.6) is 0 Å². The zero-order valence-corrected chi connectivity index (χ0v) is 8.99. The smallest absolute Gasteiger partial charge is 0.238 e. The Bertz CT molecular complexity index is 445. The van der Waals surface area contributed by atoms with E-state index in [2.05, 4.69) is 5.32 Å². The lowest BCUT2D eigenvalue weighted by Gasteiger charge is -2.01. The van der Waals surface area contributed by atoms with Gasteiger partial charge in [0.15, 0.2) is 0 Å². The molecule has 6 heteroatoms. The fourth-order valence-corrected chi connectivity index (χ4v) is 2.02. The quantitative estimate of drug-likeness (QED) is 0.752. The number of benzene rings is 1. The van der Waals surface area contributed by atoms with Gasteiger partial charge in [0, 0.05) is 12.2 Å². The van der Waals surface area contributed by atoms with Crippen molar-refractivity contribution in [3.63, 3.8) is 0 Å². The molecule has 0 bridgehead atoms. The summed E-state index contributed by atoms with van der Waals surface area (Å²) in [4.78, 5) is 0.190. The van der Waals surface area contributed by atoms with Gasteiger partial charge in [0.1, 0.15) is 0 Å². The lowest BCUT2D eigenvalue weighted by Crippen LogP contribution is -2.12. The van der Waals surface area contributed by atoms with Crippen LogP contribution in [-0.2, 0) is 16.4 Å². The maximum Gasteiger partial charge on any atom is 0.238 e. The number of nitrogens with one attached hydrogen (secondary N) is 1. The highest BCUT2D eigenvalue weighted by Gasteiger charge is 2.14. The number of sulfonamides is 1. The zero-order valence-electron chi connectivity index (χ0n) is 7.36. The van der Waals surface area contributed by atoms with Crippen molar-refractivity contribution in [3.8, 4) is 0 Å². The number of anilines is 1. The average Bonchev–Trinajstić information content (AvgIpc) is 2.47. The Kier molecular flexibility index (Phi) is 3.04. The summed E-state index contributed by atoms with van der Waals surface area (Å²) in [5.74, 6) is 0. The summed E-state index contributed by atoms with van der Waals surface area (Å²) in [6.07, 6.45) is 0.860. The first-order valence-electron chi connectivity index (χ1n) is 3.97. The zero-order chi connectivity index (χ0) is 9.47. The van der Waals surface area contributed by atoms with Gasteiger partial charge in [0.25, 0.3) is 0 Å². The van der Waals surface area contributed by atoms with Gasteiger partial charge >= 0.3 is 0 Å². The molecule has 3 N–H and O–H groups in total. The third-order valence-corrected chi connectivity index (χ3v) is 3.03. The van der Waals surface area contributed by atoms with Crippen LogP contribution < -0.4 is 10.5 Å². The predicted molar refractivity (Wildman–Crippen MR) is 57.3 cm³/mol. The topological polar surface area (TPSA) is 72.2 Å². The molecule has 0 saturated heterocycles. The summed E-state index contributed by atoms with van der Waals surface area (Å²) in [6.45, 7) is 0.864. The molecule has 0 saturated carbocycles. The molecule has 1 aromatic rings. The van der Waals surface area contributed by atoms with Gasteiger partial charge in [-0.25, -0.2) is 13.6 Å². The lowest BCUT2D eigenvalue weighted by molar-refractivity contribution is 0.597. The highest BCUT2D eigenvalue weighted by Crippen LogP contribution is 2.24. The van der Waals surface area contributed by atoms with Crippen molar-refractivity contribution in [1.82, 2.24) is 0 Å². The van der Waals surface area contributed by atoms with E-state index < -0.39 is 10.0 Å². The molecule has 1 aromatic carbocycles. The average molecular weight is 235 g/mol. The second kappa shape index (κ2) is 3.76. The van der Waals surface area contributed by atoms with Crippen molar-refractivity contribution in [1.29, 1.82) is 0 Å². The van der Waals surface area contributed by atoms with Gasteiger partial charge < -0.3 is 5.32 Å². The highest BCUT2D eigenvalue weighted by molar-refractivity contribution is 7.89. The lowest BCUT2D eigenvalue weighted by atomic mass is 10.2. The molecular weight excluding hydrogens is 224 g/mol. The Balaban J connectivity index is 0.000000980. The number of halogens is 1. The van der Waals surface area contributed by atoms with Crippen molar-refractivity contribution >= 4 is 28.1 Å².